The summed E-state index contributed by atoms with van der Waals surface area (Å²) in [5, 5.41) is 15.5. The zero-order chi connectivity index (χ0) is 28.0. The van der Waals surface area contributed by atoms with Crippen molar-refractivity contribution in [2.45, 2.75) is 70.1 Å². The quantitative estimate of drug-likeness (QED) is 0.222. The number of para-hydroxylation sites is 1. The average molecular weight is 529 g/mol. The number of carboxylic acids is 1. The van der Waals surface area contributed by atoms with E-state index in [-0.39, 0.29) is 18.2 Å². The fourth-order valence-corrected chi connectivity index (χ4v) is 4.66. The maximum atomic E-state index is 13.1. The number of benzene rings is 1. The lowest BCUT2D eigenvalue weighted by atomic mass is 9.98. The number of hydrogen-bond donors (Lipinski definition) is 6. The monoisotopic (exact) mass is 528 g/mol. The largest absolute Gasteiger partial charge is 0.480 e. The molecule has 3 rings (SSSR count). The number of nitrogens with zero attached hydrogens (tertiary/aromatic N) is 1. The van der Waals surface area contributed by atoms with E-state index >= 15 is 0 Å². The first-order valence-electron chi connectivity index (χ1n) is 12.8. The molecule has 206 valence electrons. The number of carboxylic acid groups (broad SMARTS) is 1. The van der Waals surface area contributed by atoms with Crippen LogP contribution in [-0.4, -0.2) is 75.3 Å². The molecule has 0 aliphatic carbocycles. The summed E-state index contributed by atoms with van der Waals surface area (Å²) < 4.78 is 0. The summed E-state index contributed by atoms with van der Waals surface area (Å²) >= 11 is 0. The van der Waals surface area contributed by atoms with Crippen LogP contribution in [0.15, 0.2) is 30.5 Å². The highest BCUT2D eigenvalue weighted by atomic mass is 16.4. The standard InChI is InChI=1S/C26H36N6O6/c1-3-14(2)22(28)25(36)32-10-6-9-20(32)24(35)30-18(12-21(27)33)23(34)31-19(26(37)38)11-15-13-29-17-8-5-4-7-16(15)17/h4-5,7-8,13-14,18-20,22,29H,3,6,9-12,28H2,1-2H3,(H2,27,33)(H,30,35)(H,31,34)(H,37,38). The molecular weight excluding hydrogens is 492 g/mol. The number of amides is 4. The van der Waals surface area contributed by atoms with Gasteiger partial charge in [0.05, 0.1) is 12.5 Å². The van der Waals surface area contributed by atoms with E-state index < -0.39 is 54.3 Å². The maximum absolute atomic E-state index is 13.1. The minimum atomic E-state index is -1.41. The van der Waals surface area contributed by atoms with Gasteiger partial charge in [-0.25, -0.2) is 4.79 Å². The molecule has 1 aromatic carbocycles. The number of rotatable bonds is 12. The van der Waals surface area contributed by atoms with Crippen LogP contribution in [0.25, 0.3) is 10.9 Å². The Labute approximate surface area is 220 Å². The lowest BCUT2D eigenvalue weighted by Crippen LogP contribution is -2.58. The Morgan fingerprint density at radius 1 is 1.16 bits per heavy atom. The molecule has 1 saturated heterocycles. The Bertz CT molecular complexity index is 1200. The van der Waals surface area contributed by atoms with Crippen molar-refractivity contribution < 1.29 is 29.1 Å². The summed E-state index contributed by atoms with van der Waals surface area (Å²) in [4.78, 5) is 67.3. The summed E-state index contributed by atoms with van der Waals surface area (Å²) in [5.74, 6) is -4.05. The second-order valence-corrected chi connectivity index (χ2v) is 9.80. The molecule has 1 aliphatic rings. The Hall–Kier alpha value is -3.93. The Morgan fingerprint density at radius 3 is 2.53 bits per heavy atom. The number of likely N-dealkylation sites (tertiary alicyclic amines) is 1. The smallest absolute Gasteiger partial charge is 0.326 e. The predicted molar refractivity (Wildman–Crippen MR) is 139 cm³/mol. The molecule has 38 heavy (non-hydrogen) atoms. The number of aliphatic carboxylic acids is 1. The fraction of sp³-hybridized carbons (Fsp3) is 0.500. The highest BCUT2D eigenvalue weighted by Crippen LogP contribution is 2.21. The van der Waals surface area contributed by atoms with Crippen molar-refractivity contribution in [2.75, 3.05) is 6.54 Å². The number of H-pyrrole nitrogens is 1. The van der Waals surface area contributed by atoms with Gasteiger partial charge in [-0.2, -0.15) is 0 Å². The molecule has 4 amide bonds. The van der Waals surface area contributed by atoms with Gasteiger partial charge in [-0.15, -0.1) is 0 Å². The second kappa shape index (κ2) is 12.5. The van der Waals surface area contributed by atoms with Crippen LogP contribution in [0, 0.1) is 5.92 Å². The first-order chi connectivity index (χ1) is 18.0. The SMILES string of the molecule is CCC(C)C(N)C(=O)N1CCCC1C(=O)NC(CC(N)=O)C(=O)NC(Cc1c[nH]c2ccccc12)C(=O)O. The van der Waals surface area contributed by atoms with Crippen molar-refractivity contribution in [3.63, 3.8) is 0 Å². The Balaban J connectivity index is 1.72. The highest BCUT2D eigenvalue weighted by molar-refractivity contribution is 5.96. The lowest BCUT2D eigenvalue weighted by Gasteiger charge is -2.30. The number of carbonyl (C=O) groups excluding carboxylic acids is 4. The first-order valence-corrected chi connectivity index (χ1v) is 12.8. The zero-order valence-corrected chi connectivity index (χ0v) is 21.6. The maximum Gasteiger partial charge on any atom is 0.326 e. The highest BCUT2D eigenvalue weighted by Gasteiger charge is 2.39. The summed E-state index contributed by atoms with van der Waals surface area (Å²) in [6, 6.07) is 2.98. The van der Waals surface area contributed by atoms with Crippen LogP contribution in [0.4, 0.5) is 0 Å². The van der Waals surface area contributed by atoms with Gasteiger partial charge in [0.2, 0.25) is 23.6 Å². The molecule has 1 aliphatic heterocycles. The van der Waals surface area contributed by atoms with Crippen LogP contribution in [0.5, 0.6) is 0 Å². The van der Waals surface area contributed by atoms with E-state index in [1.54, 1.807) is 6.20 Å². The molecule has 0 bridgehead atoms. The van der Waals surface area contributed by atoms with Crippen LogP contribution in [0.2, 0.25) is 0 Å². The molecule has 1 fully saturated rings. The van der Waals surface area contributed by atoms with Crippen LogP contribution < -0.4 is 22.1 Å². The third kappa shape index (κ3) is 6.68. The number of fused-ring (bicyclic) bond motifs is 1. The van der Waals surface area contributed by atoms with E-state index in [1.807, 2.05) is 38.1 Å². The molecule has 2 aromatic rings. The topological polar surface area (TPSA) is 201 Å². The summed E-state index contributed by atoms with van der Waals surface area (Å²) in [6.07, 6.45) is 2.75. The number of hydrogen-bond acceptors (Lipinski definition) is 6. The van der Waals surface area contributed by atoms with E-state index in [2.05, 4.69) is 15.6 Å². The number of primary amides is 1. The van der Waals surface area contributed by atoms with Gasteiger partial charge in [-0.1, -0.05) is 38.5 Å². The van der Waals surface area contributed by atoms with E-state index in [0.29, 0.717) is 31.4 Å². The van der Waals surface area contributed by atoms with E-state index in [4.69, 9.17) is 11.5 Å². The molecule has 8 N–H and O–H groups in total. The molecule has 0 spiro atoms. The number of nitrogens with one attached hydrogen (secondary N) is 3. The molecule has 0 saturated carbocycles. The normalized spacial score (nSPS) is 18.4. The van der Waals surface area contributed by atoms with E-state index in [9.17, 15) is 29.1 Å². The number of aromatic nitrogens is 1. The molecule has 5 atom stereocenters. The summed E-state index contributed by atoms with van der Waals surface area (Å²) in [6.45, 7) is 4.12. The summed E-state index contributed by atoms with van der Waals surface area (Å²) in [7, 11) is 0. The van der Waals surface area contributed by atoms with Gasteiger partial charge in [-0.3, -0.25) is 19.2 Å². The van der Waals surface area contributed by atoms with Crippen LogP contribution in [-0.2, 0) is 30.4 Å². The van der Waals surface area contributed by atoms with Crippen molar-refractivity contribution in [3.8, 4) is 0 Å². The van der Waals surface area contributed by atoms with Crippen molar-refractivity contribution in [1.82, 2.24) is 20.5 Å². The van der Waals surface area contributed by atoms with Gasteiger partial charge in [0, 0.05) is 30.1 Å². The zero-order valence-electron chi connectivity index (χ0n) is 21.6. The Morgan fingerprint density at radius 2 is 1.87 bits per heavy atom. The van der Waals surface area contributed by atoms with Crippen LogP contribution in [0.3, 0.4) is 0 Å². The van der Waals surface area contributed by atoms with Gasteiger partial charge < -0.3 is 37.1 Å². The van der Waals surface area contributed by atoms with Crippen molar-refractivity contribution in [3.05, 3.63) is 36.0 Å². The number of carbonyl (C=O) groups is 5. The van der Waals surface area contributed by atoms with Crippen LogP contribution in [0.1, 0.15) is 45.1 Å². The molecular formula is C26H36N6O6. The van der Waals surface area contributed by atoms with Gasteiger partial charge in [0.25, 0.3) is 0 Å². The fourth-order valence-electron chi connectivity index (χ4n) is 4.66. The molecule has 2 heterocycles. The second-order valence-electron chi connectivity index (χ2n) is 9.80. The molecule has 5 unspecified atom stereocenters. The molecule has 1 aromatic heterocycles. The van der Waals surface area contributed by atoms with Crippen LogP contribution >= 0.6 is 0 Å². The minimum Gasteiger partial charge on any atom is -0.480 e. The van der Waals surface area contributed by atoms with Crippen molar-refractivity contribution in [1.29, 1.82) is 0 Å². The minimum absolute atomic E-state index is 0.0271. The third-order valence-corrected chi connectivity index (χ3v) is 7.13. The summed E-state index contributed by atoms with van der Waals surface area (Å²) in [5.41, 5.74) is 12.9. The van der Waals surface area contributed by atoms with Gasteiger partial charge >= 0.3 is 5.97 Å². The Kier molecular flexibility index (Phi) is 9.45. The lowest BCUT2D eigenvalue weighted by molar-refractivity contribution is -0.143. The molecule has 12 nitrogen and oxygen atoms in total. The average Bonchev–Trinajstić information content (AvgIpc) is 3.54. The van der Waals surface area contributed by atoms with Gasteiger partial charge in [0.1, 0.15) is 18.1 Å². The van der Waals surface area contributed by atoms with Crippen molar-refractivity contribution in [2.24, 2.45) is 17.4 Å². The van der Waals surface area contributed by atoms with Crippen molar-refractivity contribution >= 4 is 40.5 Å². The molecule has 12 heteroatoms. The third-order valence-electron chi connectivity index (χ3n) is 7.13. The first kappa shape index (κ1) is 28.6. The van der Waals surface area contributed by atoms with Gasteiger partial charge in [-0.05, 0) is 30.4 Å². The van der Waals surface area contributed by atoms with E-state index in [0.717, 1.165) is 10.9 Å². The van der Waals surface area contributed by atoms with Gasteiger partial charge in [0.15, 0.2) is 0 Å². The van der Waals surface area contributed by atoms with E-state index in [1.165, 1.54) is 4.90 Å². The predicted octanol–water partition coefficient (Wildman–Crippen LogP) is 0.00440. The number of nitrogens with two attached hydrogens (primary N) is 2. The molecule has 0 radical (unpaired) electrons. The number of aromatic amines is 1.